The predicted octanol–water partition coefficient (Wildman–Crippen LogP) is 2.37. The standard InChI is InChI=1S/C14H15F3N2O4/c1-6-10(8(14(15,16)17)5-9(20)11(6)21)12(22)18-13(23)19(2)7-3-4-7/h5,7,20-21H,3-4H2,1-2H3,(H,18,22,23). The summed E-state index contributed by atoms with van der Waals surface area (Å²) in [7, 11) is 1.44. The number of urea groups is 1. The fourth-order valence-corrected chi connectivity index (χ4v) is 2.18. The molecule has 3 N–H and O–H groups in total. The first-order valence-electron chi connectivity index (χ1n) is 6.75. The first-order chi connectivity index (χ1) is 10.5. The third-order valence-electron chi connectivity index (χ3n) is 3.69. The van der Waals surface area contributed by atoms with Crippen LogP contribution in [0.15, 0.2) is 6.07 Å². The largest absolute Gasteiger partial charge is 0.504 e. The molecule has 0 atom stereocenters. The minimum Gasteiger partial charge on any atom is -0.504 e. The van der Waals surface area contributed by atoms with Gasteiger partial charge in [-0.3, -0.25) is 10.1 Å². The summed E-state index contributed by atoms with van der Waals surface area (Å²) < 4.78 is 39.2. The summed E-state index contributed by atoms with van der Waals surface area (Å²) in [5.41, 5.74) is -2.79. The molecular weight excluding hydrogens is 317 g/mol. The maximum atomic E-state index is 13.1. The molecule has 1 aromatic rings. The van der Waals surface area contributed by atoms with Crippen molar-refractivity contribution in [3.63, 3.8) is 0 Å². The number of rotatable bonds is 2. The molecule has 0 spiro atoms. The minimum absolute atomic E-state index is 0.0285. The number of alkyl halides is 3. The molecule has 23 heavy (non-hydrogen) atoms. The fraction of sp³-hybridized carbons (Fsp3) is 0.429. The zero-order valence-corrected chi connectivity index (χ0v) is 12.4. The van der Waals surface area contributed by atoms with E-state index in [4.69, 9.17) is 0 Å². The van der Waals surface area contributed by atoms with Gasteiger partial charge in [-0.25, -0.2) is 4.79 Å². The van der Waals surface area contributed by atoms with Crippen LogP contribution in [0.25, 0.3) is 0 Å². The number of imide groups is 1. The van der Waals surface area contributed by atoms with Crippen molar-refractivity contribution in [2.24, 2.45) is 0 Å². The van der Waals surface area contributed by atoms with Crippen LogP contribution in [-0.4, -0.2) is 40.1 Å². The number of aromatic hydroxyl groups is 2. The molecule has 0 heterocycles. The average Bonchev–Trinajstić information content (AvgIpc) is 3.26. The number of carbonyl (C=O) groups is 2. The van der Waals surface area contributed by atoms with Crippen LogP contribution < -0.4 is 5.32 Å². The average molecular weight is 332 g/mol. The second-order valence-corrected chi connectivity index (χ2v) is 5.39. The zero-order valence-electron chi connectivity index (χ0n) is 12.4. The van der Waals surface area contributed by atoms with Gasteiger partial charge in [0.2, 0.25) is 0 Å². The van der Waals surface area contributed by atoms with Crippen LogP contribution in [0.3, 0.4) is 0 Å². The maximum Gasteiger partial charge on any atom is 0.417 e. The molecule has 0 bridgehead atoms. The van der Waals surface area contributed by atoms with E-state index in [1.807, 2.05) is 5.32 Å². The molecule has 126 valence electrons. The number of hydrogen-bond donors (Lipinski definition) is 3. The Kier molecular flexibility index (Phi) is 4.14. The van der Waals surface area contributed by atoms with Gasteiger partial charge in [0.05, 0.1) is 11.1 Å². The molecule has 3 amide bonds. The third-order valence-corrected chi connectivity index (χ3v) is 3.69. The topological polar surface area (TPSA) is 89.9 Å². The lowest BCUT2D eigenvalue weighted by atomic mass is 9.99. The summed E-state index contributed by atoms with van der Waals surface area (Å²) in [6.45, 7) is 1.05. The molecule has 0 saturated heterocycles. The molecule has 2 rings (SSSR count). The predicted molar refractivity (Wildman–Crippen MR) is 73.2 cm³/mol. The summed E-state index contributed by atoms with van der Waals surface area (Å²) in [5, 5.41) is 20.8. The number of phenols is 2. The van der Waals surface area contributed by atoms with E-state index in [-0.39, 0.29) is 12.1 Å². The smallest absolute Gasteiger partial charge is 0.417 e. The Morgan fingerprint density at radius 2 is 1.87 bits per heavy atom. The first-order valence-corrected chi connectivity index (χ1v) is 6.75. The van der Waals surface area contributed by atoms with Crippen molar-refractivity contribution < 1.29 is 33.0 Å². The second-order valence-electron chi connectivity index (χ2n) is 5.39. The van der Waals surface area contributed by atoms with E-state index >= 15 is 0 Å². The normalized spacial score (nSPS) is 14.5. The highest BCUT2D eigenvalue weighted by Gasteiger charge is 2.39. The molecular formula is C14H15F3N2O4. The van der Waals surface area contributed by atoms with Gasteiger partial charge in [-0.1, -0.05) is 0 Å². The lowest BCUT2D eigenvalue weighted by Gasteiger charge is -2.19. The van der Waals surface area contributed by atoms with E-state index in [2.05, 4.69) is 0 Å². The highest BCUT2D eigenvalue weighted by atomic mass is 19.4. The number of benzene rings is 1. The molecule has 0 radical (unpaired) electrons. The Balaban J connectivity index is 2.38. The number of carbonyl (C=O) groups excluding carboxylic acids is 2. The van der Waals surface area contributed by atoms with Crippen molar-refractivity contribution in [3.8, 4) is 11.5 Å². The molecule has 0 unspecified atom stereocenters. The number of nitrogens with zero attached hydrogens (tertiary/aromatic N) is 1. The Bertz CT molecular complexity index is 669. The van der Waals surface area contributed by atoms with Crippen molar-refractivity contribution in [2.45, 2.75) is 32.0 Å². The van der Waals surface area contributed by atoms with Crippen molar-refractivity contribution in [1.29, 1.82) is 0 Å². The highest BCUT2D eigenvalue weighted by molar-refractivity contribution is 6.06. The Labute approximate surface area is 129 Å². The molecule has 6 nitrogen and oxygen atoms in total. The summed E-state index contributed by atoms with van der Waals surface area (Å²) >= 11 is 0. The molecule has 1 aromatic carbocycles. The minimum atomic E-state index is -4.94. The SMILES string of the molecule is Cc1c(O)c(O)cc(C(F)(F)F)c1C(=O)NC(=O)N(C)C1CC1. The number of halogens is 3. The van der Waals surface area contributed by atoms with E-state index in [0.29, 0.717) is 0 Å². The number of amides is 3. The number of phenolic OH excluding ortho intramolecular Hbond substituents is 2. The molecule has 1 saturated carbocycles. The maximum absolute atomic E-state index is 13.1. The molecule has 9 heteroatoms. The van der Waals surface area contributed by atoms with Crippen molar-refractivity contribution in [2.75, 3.05) is 7.05 Å². The van der Waals surface area contributed by atoms with Crippen LogP contribution in [0, 0.1) is 6.92 Å². The lowest BCUT2D eigenvalue weighted by molar-refractivity contribution is -0.138. The van der Waals surface area contributed by atoms with Crippen LogP contribution in [0.2, 0.25) is 0 Å². The van der Waals surface area contributed by atoms with Crippen LogP contribution in [-0.2, 0) is 6.18 Å². The van der Waals surface area contributed by atoms with Crippen LogP contribution in [0.4, 0.5) is 18.0 Å². The quantitative estimate of drug-likeness (QED) is 0.725. The van der Waals surface area contributed by atoms with Crippen LogP contribution >= 0.6 is 0 Å². The highest BCUT2D eigenvalue weighted by Crippen LogP contribution is 2.41. The second kappa shape index (κ2) is 5.64. The number of nitrogens with one attached hydrogen (secondary N) is 1. The van der Waals surface area contributed by atoms with Gasteiger partial charge in [-0.2, -0.15) is 13.2 Å². The molecule has 1 fully saturated rings. The van der Waals surface area contributed by atoms with Gasteiger partial charge in [-0.05, 0) is 25.8 Å². The Morgan fingerprint density at radius 1 is 1.30 bits per heavy atom. The van der Waals surface area contributed by atoms with E-state index in [0.717, 1.165) is 19.8 Å². The molecule has 1 aliphatic carbocycles. The monoisotopic (exact) mass is 332 g/mol. The fourth-order valence-electron chi connectivity index (χ4n) is 2.18. The number of hydrogen-bond acceptors (Lipinski definition) is 4. The van der Waals surface area contributed by atoms with E-state index in [9.17, 15) is 33.0 Å². The molecule has 0 aliphatic heterocycles. The molecule has 0 aromatic heterocycles. The van der Waals surface area contributed by atoms with Gasteiger partial charge < -0.3 is 15.1 Å². The van der Waals surface area contributed by atoms with Crippen molar-refractivity contribution in [3.05, 3.63) is 22.8 Å². The summed E-state index contributed by atoms with van der Waals surface area (Å²) in [6.07, 6.45) is -3.40. The van der Waals surface area contributed by atoms with E-state index in [1.165, 1.54) is 11.9 Å². The molecule has 1 aliphatic rings. The zero-order chi connectivity index (χ0) is 17.5. The summed E-state index contributed by atoms with van der Waals surface area (Å²) in [5.74, 6) is -3.12. The van der Waals surface area contributed by atoms with Crippen molar-refractivity contribution >= 4 is 11.9 Å². The van der Waals surface area contributed by atoms with Gasteiger partial charge >= 0.3 is 12.2 Å². The third kappa shape index (κ3) is 3.33. The summed E-state index contributed by atoms with van der Waals surface area (Å²) in [4.78, 5) is 25.2. The summed E-state index contributed by atoms with van der Waals surface area (Å²) in [6, 6.07) is -0.594. The van der Waals surface area contributed by atoms with Gasteiger partial charge in [0.1, 0.15) is 0 Å². The van der Waals surface area contributed by atoms with Crippen molar-refractivity contribution in [1.82, 2.24) is 10.2 Å². The Hall–Kier alpha value is -2.45. The van der Waals surface area contributed by atoms with Gasteiger partial charge in [0, 0.05) is 18.7 Å². The van der Waals surface area contributed by atoms with E-state index < -0.39 is 46.3 Å². The van der Waals surface area contributed by atoms with Crippen LogP contribution in [0.5, 0.6) is 11.5 Å². The first kappa shape index (κ1) is 16.9. The van der Waals surface area contributed by atoms with Gasteiger partial charge in [0.15, 0.2) is 11.5 Å². The van der Waals surface area contributed by atoms with Gasteiger partial charge in [0.25, 0.3) is 5.91 Å². The van der Waals surface area contributed by atoms with E-state index in [1.54, 1.807) is 0 Å². The Morgan fingerprint density at radius 3 is 2.35 bits per heavy atom. The van der Waals surface area contributed by atoms with Gasteiger partial charge in [-0.15, -0.1) is 0 Å². The lowest BCUT2D eigenvalue weighted by Crippen LogP contribution is -2.42. The van der Waals surface area contributed by atoms with Crippen LogP contribution in [0.1, 0.15) is 34.3 Å².